The molecule has 35 heavy (non-hydrogen) atoms. The van der Waals surface area contributed by atoms with Crippen molar-refractivity contribution >= 4 is 28.8 Å². The standard InChI is InChI=1S/C27H29N3O4S/c1-4-22-24(26(32)34-3)25(19-11-8-12-21(15-19)33-2)30-20(17-35-27(30)29-22)16-23(31)28-14-13-18-9-6-5-7-10-18/h5-12,15,17,25H,4,13-14,16H2,1-3H3,(H,28,31). The lowest BCUT2D eigenvalue weighted by atomic mass is 9.92. The van der Waals surface area contributed by atoms with Crippen LogP contribution >= 0.6 is 11.8 Å². The van der Waals surface area contributed by atoms with Crippen molar-refractivity contribution in [2.45, 2.75) is 32.2 Å². The summed E-state index contributed by atoms with van der Waals surface area (Å²) in [6, 6.07) is 17.2. The van der Waals surface area contributed by atoms with Crippen molar-refractivity contribution in [3.05, 3.63) is 88.1 Å². The van der Waals surface area contributed by atoms with Gasteiger partial charge in [0.25, 0.3) is 0 Å². The number of hydrogen-bond acceptors (Lipinski definition) is 7. The number of fused-ring (bicyclic) bond motifs is 1. The number of amidine groups is 1. The number of nitrogens with zero attached hydrogens (tertiary/aromatic N) is 2. The SMILES string of the molecule is CCC1=C(C(=O)OC)C(c2cccc(OC)c2)N2C(CC(=O)NCCc3ccccc3)=CSC2=N1. The second-order valence-electron chi connectivity index (χ2n) is 8.14. The molecular formula is C27H29N3O4S. The molecule has 0 saturated carbocycles. The van der Waals surface area contributed by atoms with Crippen LogP contribution < -0.4 is 10.1 Å². The smallest absolute Gasteiger partial charge is 0.338 e. The van der Waals surface area contributed by atoms with E-state index in [1.807, 2.05) is 71.8 Å². The molecule has 2 aromatic rings. The minimum absolute atomic E-state index is 0.0803. The van der Waals surface area contributed by atoms with E-state index in [0.717, 1.165) is 22.8 Å². The number of carbonyl (C=O) groups is 2. The molecule has 8 heteroatoms. The molecule has 4 rings (SSSR count). The molecule has 0 spiro atoms. The lowest BCUT2D eigenvalue weighted by Crippen LogP contribution is -2.38. The summed E-state index contributed by atoms with van der Waals surface area (Å²) in [6.07, 6.45) is 1.52. The summed E-state index contributed by atoms with van der Waals surface area (Å²) in [5.41, 5.74) is 3.98. The predicted molar refractivity (Wildman–Crippen MR) is 138 cm³/mol. The Kier molecular flexibility index (Phi) is 7.92. The first-order valence-electron chi connectivity index (χ1n) is 11.5. The average molecular weight is 492 g/mol. The number of carbonyl (C=O) groups excluding carboxylic acids is 2. The van der Waals surface area contributed by atoms with Gasteiger partial charge in [0.05, 0.1) is 38.0 Å². The Balaban J connectivity index is 1.59. The number of rotatable bonds is 9. The summed E-state index contributed by atoms with van der Waals surface area (Å²) < 4.78 is 10.6. The fourth-order valence-corrected chi connectivity index (χ4v) is 5.19. The molecular weight excluding hydrogens is 462 g/mol. The van der Waals surface area contributed by atoms with E-state index in [-0.39, 0.29) is 12.3 Å². The lowest BCUT2D eigenvalue weighted by molar-refractivity contribution is -0.136. The second-order valence-corrected chi connectivity index (χ2v) is 8.97. The fraction of sp³-hybridized carbons (Fsp3) is 0.296. The van der Waals surface area contributed by atoms with E-state index in [1.165, 1.54) is 24.4 Å². The lowest BCUT2D eigenvalue weighted by Gasteiger charge is -2.36. The molecule has 0 aromatic heterocycles. The highest BCUT2D eigenvalue weighted by Gasteiger charge is 2.41. The van der Waals surface area contributed by atoms with Crippen LogP contribution in [-0.2, 0) is 20.7 Å². The highest BCUT2D eigenvalue weighted by atomic mass is 32.2. The monoisotopic (exact) mass is 491 g/mol. The third kappa shape index (κ3) is 5.43. The quantitative estimate of drug-likeness (QED) is 0.517. The van der Waals surface area contributed by atoms with Crippen LogP contribution in [0.1, 0.15) is 36.9 Å². The van der Waals surface area contributed by atoms with E-state index < -0.39 is 12.0 Å². The molecule has 7 nitrogen and oxygen atoms in total. The zero-order valence-corrected chi connectivity index (χ0v) is 20.9. The number of ether oxygens (including phenoxy) is 2. The largest absolute Gasteiger partial charge is 0.497 e. The van der Waals surface area contributed by atoms with Gasteiger partial charge in [0, 0.05) is 12.2 Å². The number of allylic oxidation sites excluding steroid dienone is 1. The van der Waals surface area contributed by atoms with Crippen LogP contribution in [0.5, 0.6) is 5.75 Å². The van der Waals surface area contributed by atoms with Crippen molar-refractivity contribution in [3.8, 4) is 5.75 Å². The molecule has 0 saturated heterocycles. The summed E-state index contributed by atoms with van der Waals surface area (Å²) in [5, 5.41) is 5.70. The Morgan fingerprint density at radius 1 is 1.11 bits per heavy atom. The van der Waals surface area contributed by atoms with Crippen LogP contribution in [0, 0.1) is 0 Å². The Morgan fingerprint density at radius 3 is 2.63 bits per heavy atom. The summed E-state index contributed by atoms with van der Waals surface area (Å²) >= 11 is 1.46. The van der Waals surface area contributed by atoms with Gasteiger partial charge in [0.15, 0.2) is 5.17 Å². The van der Waals surface area contributed by atoms with E-state index in [2.05, 4.69) is 5.32 Å². The minimum atomic E-state index is -0.474. The molecule has 2 aromatic carbocycles. The molecule has 0 fully saturated rings. The molecule has 1 unspecified atom stereocenters. The van der Waals surface area contributed by atoms with Gasteiger partial charge in [-0.3, -0.25) is 4.79 Å². The van der Waals surface area contributed by atoms with Gasteiger partial charge >= 0.3 is 5.97 Å². The Bertz CT molecular complexity index is 1190. The van der Waals surface area contributed by atoms with Gasteiger partial charge in [-0.05, 0) is 41.5 Å². The molecule has 0 radical (unpaired) electrons. The van der Waals surface area contributed by atoms with Crippen LogP contribution in [0.25, 0.3) is 0 Å². The predicted octanol–water partition coefficient (Wildman–Crippen LogP) is 4.58. The van der Waals surface area contributed by atoms with Crippen LogP contribution in [0.15, 0.2) is 82.0 Å². The maximum atomic E-state index is 13.0. The molecule has 182 valence electrons. The van der Waals surface area contributed by atoms with Crippen molar-refractivity contribution in [2.24, 2.45) is 4.99 Å². The Hall–Kier alpha value is -3.52. The fourth-order valence-electron chi connectivity index (χ4n) is 4.26. The zero-order chi connectivity index (χ0) is 24.8. The number of thioether (sulfide) groups is 1. The zero-order valence-electron chi connectivity index (χ0n) is 20.1. The number of esters is 1. The number of hydrogen-bond donors (Lipinski definition) is 1. The van der Waals surface area contributed by atoms with Gasteiger partial charge in [0.1, 0.15) is 5.75 Å². The summed E-state index contributed by atoms with van der Waals surface area (Å²) in [4.78, 5) is 32.5. The highest BCUT2D eigenvalue weighted by Crippen LogP contribution is 2.45. The molecule has 0 aliphatic carbocycles. The van der Waals surface area contributed by atoms with Crippen LogP contribution in [0.2, 0.25) is 0 Å². The first-order valence-corrected chi connectivity index (χ1v) is 12.4. The van der Waals surface area contributed by atoms with E-state index >= 15 is 0 Å². The van der Waals surface area contributed by atoms with Crippen molar-refractivity contribution in [1.29, 1.82) is 0 Å². The van der Waals surface area contributed by atoms with E-state index in [1.54, 1.807) is 7.11 Å². The van der Waals surface area contributed by atoms with Crippen molar-refractivity contribution in [2.75, 3.05) is 20.8 Å². The van der Waals surface area contributed by atoms with Gasteiger partial charge in [-0.1, -0.05) is 61.2 Å². The maximum Gasteiger partial charge on any atom is 0.338 e. The average Bonchev–Trinajstić information content (AvgIpc) is 3.29. The van der Waals surface area contributed by atoms with Crippen LogP contribution in [0.3, 0.4) is 0 Å². The van der Waals surface area contributed by atoms with E-state index in [4.69, 9.17) is 14.5 Å². The molecule has 2 aliphatic rings. The van der Waals surface area contributed by atoms with Crippen molar-refractivity contribution in [1.82, 2.24) is 10.2 Å². The highest BCUT2D eigenvalue weighted by molar-refractivity contribution is 8.16. The summed E-state index contributed by atoms with van der Waals surface area (Å²) in [5.74, 6) is 0.175. The number of nitrogens with one attached hydrogen (secondary N) is 1. The van der Waals surface area contributed by atoms with Crippen LogP contribution in [0.4, 0.5) is 0 Å². The number of aliphatic imine (C=N–C) groups is 1. The Morgan fingerprint density at radius 2 is 1.91 bits per heavy atom. The van der Waals surface area contributed by atoms with E-state index in [9.17, 15) is 9.59 Å². The Labute approximate surface area is 209 Å². The first-order chi connectivity index (χ1) is 17.0. The number of amides is 1. The van der Waals surface area contributed by atoms with Gasteiger partial charge < -0.3 is 19.7 Å². The third-order valence-electron chi connectivity index (χ3n) is 5.96. The second kappa shape index (κ2) is 11.3. The maximum absolute atomic E-state index is 13.0. The van der Waals surface area contributed by atoms with Gasteiger partial charge in [-0.15, -0.1) is 0 Å². The normalized spacial score (nSPS) is 16.9. The molecule has 0 bridgehead atoms. The van der Waals surface area contributed by atoms with Gasteiger partial charge in [-0.2, -0.15) is 0 Å². The van der Waals surface area contributed by atoms with Crippen molar-refractivity contribution < 1.29 is 19.1 Å². The van der Waals surface area contributed by atoms with Crippen molar-refractivity contribution in [3.63, 3.8) is 0 Å². The summed E-state index contributed by atoms with van der Waals surface area (Å²) in [7, 11) is 2.98. The summed E-state index contributed by atoms with van der Waals surface area (Å²) in [6.45, 7) is 2.52. The number of methoxy groups -OCH3 is 2. The molecule has 2 heterocycles. The van der Waals surface area contributed by atoms with Crippen LogP contribution in [-0.4, -0.2) is 42.7 Å². The van der Waals surface area contributed by atoms with Gasteiger partial charge in [0.2, 0.25) is 5.91 Å². The topological polar surface area (TPSA) is 80.2 Å². The molecule has 1 N–H and O–H groups in total. The number of benzene rings is 2. The molecule has 2 aliphatic heterocycles. The molecule has 1 atom stereocenters. The third-order valence-corrected chi connectivity index (χ3v) is 6.85. The minimum Gasteiger partial charge on any atom is -0.497 e. The van der Waals surface area contributed by atoms with E-state index in [0.29, 0.717) is 30.0 Å². The molecule has 1 amide bonds. The first kappa shape index (κ1) is 24.6. The van der Waals surface area contributed by atoms with Gasteiger partial charge in [-0.25, -0.2) is 9.79 Å².